The van der Waals surface area contributed by atoms with E-state index in [4.69, 9.17) is 9.47 Å². The van der Waals surface area contributed by atoms with Gasteiger partial charge in [0.2, 0.25) is 5.91 Å². The predicted molar refractivity (Wildman–Crippen MR) is 86.9 cm³/mol. The van der Waals surface area contributed by atoms with Crippen LogP contribution in [0.4, 0.5) is 0 Å². The Morgan fingerprint density at radius 1 is 1.41 bits per heavy atom. The lowest BCUT2D eigenvalue weighted by molar-refractivity contribution is -0.140. The van der Waals surface area contributed by atoms with Crippen molar-refractivity contribution in [3.05, 3.63) is 35.4 Å². The molecule has 1 heterocycles. The Hall–Kier alpha value is -1.39. The maximum Gasteiger partial charge on any atom is 0.248 e. The minimum absolute atomic E-state index is 0.0886. The van der Waals surface area contributed by atoms with Crippen molar-refractivity contribution < 1.29 is 14.3 Å². The van der Waals surface area contributed by atoms with Crippen LogP contribution in [0.2, 0.25) is 0 Å². The molecule has 0 aromatic heterocycles. The number of piperidine rings is 1. The number of hydrogen-bond acceptors (Lipinski definition) is 3. The van der Waals surface area contributed by atoms with Gasteiger partial charge in [-0.05, 0) is 32.3 Å². The molecular formula is C18H27NO3. The topological polar surface area (TPSA) is 38.8 Å². The molecule has 0 spiro atoms. The highest BCUT2D eigenvalue weighted by Gasteiger charge is 2.31. The number of ether oxygens (including phenoxy) is 2. The molecule has 1 fully saturated rings. The maximum atomic E-state index is 12.2. The molecule has 0 unspecified atom stereocenters. The number of nitrogens with zero attached hydrogens (tertiary/aromatic N) is 1. The van der Waals surface area contributed by atoms with E-state index >= 15 is 0 Å². The number of aryl methyl sites for hydroxylation is 1. The third-order valence-electron chi connectivity index (χ3n) is 4.33. The molecule has 0 bridgehead atoms. The van der Waals surface area contributed by atoms with Crippen molar-refractivity contribution in [3.8, 4) is 0 Å². The molecule has 4 nitrogen and oxygen atoms in total. The Morgan fingerprint density at radius 3 is 2.91 bits per heavy atom. The number of hydrogen-bond donors (Lipinski definition) is 0. The van der Waals surface area contributed by atoms with E-state index < -0.39 is 0 Å². The van der Waals surface area contributed by atoms with Gasteiger partial charge >= 0.3 is 0 Å². The molecule has 0 radical (unpaired) electrons. The van der Waals surface area contributed by atoms with Crippen molar-refractivity contribution in [2.24, 2.45) is 5.92 Å². The van der Waals surface area contributed by atoms with Crippen LogP contribution < -0.4 is 0 Å². The summed E-state index contributed by atoms with van der Waals surface area (Å²) in [5.74, 6) is 0.428. The number of likely N-dealkylation sites (tertiary alicyclic amines) is 1. The zero-order chi connectivity index (χ0) is 15.9. The van der Waals surface area contributed by atoms with Crippen molar-refractivity contribution in [2.75, 3.05) is 33.4 Å². The molecule has 1 saturated heterocycles. The van der Waals surface area contributed by atoms with Crippen LogP contribution in [0.25, 0.3) is 0 Å². The second-order valence-corrected chi connectivity index (χ2v) is 5.99. The molecule has 1 amide bonds. The van der Waals surface area contributed by atoms with E-state index in [9.17, 15) is 4.79 Å². The third kappa shape index (κ3) is 4.55. The van der Waals surface area contributed by atoms with Gasteiger partial charge in [-0.1, -0.05) is 29.8 Å². The minimum Gasteiger partial charge on any atom is -0.381 e. The highest BCUT2D eigenvalue weighted by Crippen LogP contribution is 2.24. The van der Waals surface area contributed by atoms with Crippen LogP contribution in [-0.2, 0) is 20.7 Å². The second kappa shape index (κ2) is 8.30. The molecule has 1 aliphatic heterocycles. The van der Waals surface area contributed by atoms with E-state index in [1.807, 2.05) is 11.8 Å². The minimum atomic E-state index is 0.0886. The summed E-state index contributed by atoms with van der Waals surface area (Å²) in [7, 11) is 1.77. The molecule has 1 aromatic carbocycles. The van der Waals surface area contributed by atoms with Crippen molar-refractivity contribution in [3.63, 3.8) is 0 Å². The van der Waals surface area contributed by atoms with Gasteiger partial charge < -0.3 is 14.4 Å². The Labute approximate surface area is 133 Å². The van der Waals surface area contributed by atoms with Crippen LogP contribution in [0.15, 0.2) is 24.3 Å². The van der Waals surface area contributed by atoms with Gasteiger partial charge in [0.05, 0.1) is 6.10 Å². The Kier molecular flexibility index (Phi) is 6.40. The SMILES string of the molecule is CCOCC(=O)N1CC[C@@H](OC)[C@H](Cc2cccc(C)c2)C1. The molecule has 2 atom stereocenters. The Morgan fingerprint density at radius 2 is 2.23 bits per heavy atom. The summed E-state index contributed by atoms with van der Waals surface area (Å²) >= 11 is 0. The Balaban J connectivity index is 2.00. The van der Waals surface area contributed by atoms with Gasteiger partial charge in [-0.15, -0.1) is 0 Å². The van der Waals surface area contributed by atoms with Crippen LogP contribution in [-0.4, -0.2) is 50.3 Å². The summed E-state index contributed by atoms with van der Waals surface area (Å²) in [4.78, 5) is 14.1. The molecule has 0 saturated carbocycles. The first kappa shape index (κ1) is 17.0. The average molecular weight is 305 g/mol. The van der Waals surface area contributed by atoms with Gasteiger partial charge in [-0.25, -0.2) is 0 Å². The number of carbonyl (C=O) groups excluding carboxylic acids is 1. The summed E-state index contributed by atoms with van der Waals surface area (Å²) in [6.45, 7) is 6.28. The largest absolute Gasteiger partial charge is 0.381 e. The lowest BCUT2D eigenvalue weighted by Crippen LogP contribution is -2.48. The highest BCUT2D eigenvalue weighted by atomic mass is 16.5. The molecular weight excluding hydrogens is 278 g/mol. The zero-order valence-corrected chi connectivity index (χ0v) is 13.9. The Bertz CT molecular complexity index is 489. The zero-order valence-electron chi connectivity index (χ0n) is 13.9. The van der Waals surface area contributed by atoms with E-state index in [1.165, 1.54) is 11.1 Å². The summed E-state index contributed by atoms with van der Waals surface area (Å²) in [6.07, 6.45) is 2.06. The van der Waals surface area contributed by atoms with Gasteiger partial charge in [0.1, 0.15) is 6.61 Å². The third-order valence-corrected chi connectivity index (χ3v) is 4.33. The maximum absolute atomic E-state index is 12.2. The molecule has 4 heteroatoms. The van der Waals surface area contributed by atoms with Gasteiger partial charge in [-0.2, -0.15) is 0 Å². The summed E-state index contributed by atoms with van der Waals surface area (Å²) < 4.78 is 10.9. The van der Waals surface area contributed by atoms with Crippen molar-refractivity contribution in [1.29, 1.82) is 0 Å². The first-order valence-corrected chi connectivity index (χ1v) is 8.08. The molecule has 2 rings (SSSR count). The van der Waals surface area contributed by atoms with Crippen LogP contribution in [0, 0.1) is 12.8 Å². The van der Waals surface area contributed by atoms with Gasteiger partial charge in [0.25, 0.3) is 0 Å². The number of methoxy groups -OCH3 is 1. The number of carbonyl (C=O) groups is 1. The lowest BCUT2D eigenvalue weighted by Gasteiger charge is -2.38. The van der Waals surface area contributed by atoms with Crippen LogP contribution >= 0.6 is 0 Å². The van der Waals surface area contributed by atoms with Crippen molar-refractivity contribution in [1.82, 2.24) is 4.90 Å². The van der Waals surface area contributed by atoms with Crippen molar-refractivity contribution in [2.45, 2.75) is 32.8 Å². The molecule has 0 aliphatic carbocycles. The fraction of sp³-hybridized carbons (Fsp3) is 0.611. The number of benzene rings is 1. The number of amides is 1. The van der Waals surface area contributed by atoms with E-state index in [0.29, 0.717) is 12.5 Å². The first-order valence-electron chi connectivity index (χ1n) is 8.08. The fourth-order valence-electron chi connectivity index (χ4n) is 3.17. The highest BCUT2D eigenvalue weighted by molar-refractivity contribution is 5.77. The predicted octanol–water partition coefficient (Wildman–Crippen LogP) is 2.44. The quantitative estimate of drug-likeness (QED) is 0.810. The lowest BCUT2D eigenvalue weighted by atomic mass is 9.88. The summed E-state index contributed by atoms with van der Waals surface area (Å²) in [5, 5.41) is 0. The summed E-state index contributed by atoms with van der Waals surface area (Å²) in [6, 6.07) is 8.57. The molecule has 0 N–H and O–H groups in total. The van der Waals surface area contributed by atoms with E-state index in [-0.39, 0.29) is 18.6 Å². The van der Waals surface area contributed by atoms with Crippen LogP contribution in [0.3, 0.4) is 0 Å². The average Bonchev–Trinajstić information content (AvgIpc) is 2.52. The normalized spacial score (nSPS) is 21.9. The van der Waals surface area contributed by atoms with Gasteiger partial charge in [0.15, 0.2) is 0 Å². The van der Waals surface area contributed by atoms with E-state index in [1.54, 1.807) is 7.11 Å². The van der Waals surface area contributed by atoms with E-state index in [2.05, 4.69) is 31.2 Å². The van der Waals surface area contributed by atoms with E-state index in [0.717, 1.165) is 25.9 Å². The van der Waals surface area contributed by atoms with Crippen LogP contribution in [0.5, 0.6) is 0 Å². The molecule has 22 heavy (non-hydrogen) atoms. The molecule has 122 valence electrons. The fourth-order valence-corrected chi connectivity index (χ4v) is 3.17. The standard InChI is InChI=1S/C18H27NO3/c1-4-22-13-18(20)19-9-8-17(21-3)16(12-19)11-15-7-5-6-14(2)10-15/h5-7,10,16-17H,4,8-9,11-13H2,1-3H3/t16-,17-/m1/s1. The number of rotatable bonds is 6. The van der Waals surface area contributed by atoms with Crippen molar-refractivity contribution >= 4 is 5.91 Å². The van der Waals surface area contributed by atoms with Crippen LogP contribution in [0.1, 0.15) is 24.5 Å². The first-order chi connectivity index (χ1) is 10.6. The second-order valence-electron chi connectivity index (χ2n) is 5.99. The summed E-state index contributed by atoms with van der Waals surface area (Å²) in [5.41, 5.74) is 2.58. The smallest absolute Gasteiger partial charge is 0.248 e. The monoisotopic (exact) mass is 305 g/mol. The van der Waals surface area contributed by atoms with Gasteiger partial charge in [-0.3, -0.25) is 4.79 Å². The molecule has 1 aromatic rings. The van der Waals surface area contributed by atoms with Gasteiger partial charge in [0, 0.05) is 32.7 Å². The molecule has 1 aliphatic rings.